The number of carbonyl (C=O) groups is 2. The quantitative estimate of drug-likeness (QED) is 0.144. The van der Waals surface area contributed by atoms with E-state index >= 15 is 0 Å². The summed E-state index contributed by atoms with van der Waals surface area (Å²) in [5.41, 5.74) is 3.08. The van der Waals surface area contributed by atoms with Crippen molar-refractivity contribution < 1.29 is 19.1 Å². The molecular formula is C40H36N2O4. The minimum Gasteiger partial charge on any atom is -0.375 e. The summed E-state index contributed by atoms with van der Waals surface area (Å²) >= 11 is 0. The maximum Gasteiger partial charge on any atom is 0.251 e. The van der Waals surface area contributed by atoms with E-state index in [2.05, 4.69) is 59.2 Å². The van der Waals surface area contributed by atoms with Crippen LogP contribution in [-0.4, -0.2) is 37.1 Å². The van der Waals surface area contributed by atoms with Crippen LogP contribution >= 0.6 is 0 Å². The molecule has 0 saturated heterocycles. The highest BCUT2D eigenvalue weighted by molar-refractivity contribution is 5.95. The van der Waals surface area contributed by atoms with Gasteiger partial charge in [-0.2, -0.15) is 0 Å². The maximum atomic E-state index is 13.4. The molecule has 0 heterocycles. The first-order valence-electron chi connectivity index (χ1n) is 15.4. The van der Waals surface area contributed by atoms with Crippen molar-refractivity contribution in [2.24, 2.45) is 0 Å². The molecule has 0 aliphatic rings. The van der Waals surface area contributed by atoms with Gasteiger partial charge in [-0.3, -0.25) is 9.59 Å². The smallest absolute Gasteiger partial charge is 0.251 e. The molecule has 6 aromatic rings. The molecule has 46 heavy (non-hydrogen) atoms. The Morgan fingerprint density at radius 3 is 1.24 bits per heavy atom. The fourth-order valence-corrected chi connectivity index (χ4v) is 5.46. The average Bonchev–Trinajstić information content (AvgIpc) is 3.11. The lowest BCUT2D eigenvalue weighted by Gasteiger charge is -2.29. The Balaban J connectivity index is 1.21. The van der Waals surface area contributed by atoms with Crippen molar-refractivity contribution in [3.8, 4) is 0 Å². The molecule has 2 amide bonds. The van der Waals surface area contributed by atoms with Crippen molar-refractivity contribution in [1.29, 1.82) is 0 Å². The van der Waals surface area contributed by atoms with E-state index in [1.165, 1.54) is 0 Å². The third-order valence-corrected chi connectivity index (χ3v) is 7.95. The van der Waals surface area contributed by atoms with Gasteiger partial charge in [0.15, 0.2) is 0 Å². The Bertz CT molecular complexity index is 1770. The Kier molecular flexibility index (Phi) is 10.1. The van der Waals surface area contributed by atoms with Gasteiger partial charge in [0, 0.05) is 11.1 Å². The largest absolute Gasteiger partial charge is 0.375 e. The van der Waals surface area contributed by atoms with Crippen LogP contribution in [0.3, 0.4) is 0 Å². The summed E-state index contributed by atoms with van der Waals surface area (Å²) in [4.78, 5) is 26.8. The van der Waals surface area contributed by atoms with E-state index in [9.17, 15) is 9.59 Å². The minimum absolute atomic E-state index is 0.157. The molecule has 0 aliphatic heterocycles. The Morgan fingerprint density at radius 2 is 0.826 bits per heavy atom. The van der Waals surface area contributed by atoms with Crippen molar-refractivity contribution in [3.05, 3.63) is 168 Å². The highest BCUT2D eigenvalue weighted by Gasteiger charge is 2.27. The summed E-state index contributed by atoms with van der Waals surface area (Å²) in [5, 5.41) is 10.8. The zero-order valence-electron chi connectivity index (χ0n) is 25.5. The minimum atomic E-state index is -0.586. The lowest BCUT2D eigenvalue weighted by molar-refractivity contribution is 0.0445. The fraction of sp³-hybridized carbons (Fsp3) is 0.150. The van der Waals surface area contributed by atoms with E-state index in [4.69, 9.17) is 9.47 Å². The Hall–Kier alpha value is -5.30. The van der Waals surface area contributed by atoms with Gasteiger partial charge in [0.2, 0.25) is 0 Å². The van der Waals surface area contributed by atoms with Crippen LogP contribution < -0.4 is 10.6 Å². The topological polar surface area (TPSA) is 76.7 Å². The first-order valence-corrected chi connectivity index (χ1v) is 15.4. The zero-order chi connectivity index (χ0) is 31.6. The number of ether oxygens (including phenoxy) is 2. The Morgan fingerprint density at radius 1 is 0.457 bits per heavy atom. The molecule has 0 radical (unpaired) electrons. The number of nitrogens with one attached hydrogen (secondary N) is 2. The summed E-state index contributed by atoms with van der Waals surface area (Å²) in [5.74, 6) is -0.512. The van der Waals surface area contributed by atoms with Crippen LogP contribution in [-0.2, 0) is 22.7 Å². The normalized spacial score (nSPS) is 12.4. The third kappa shape index (κ3) is 8.04. The van der Waals surface area contributed by atoms with E-state index in [0.717, 1.165) is 32.7 Å². The predicted molar refractivity (Wildman–Crippen MR) is 183 cm³/mol. The van der Waals surface area contributed by atoms with Gasteiger partial charge in [0.25, 0.3) is 11.8 Å². The number of carbonyl (C=O) groups excluding carboxylic acids is 2. The predicted octanol–water partition coefficient (Wildman–Crippen LogP) is 7.32. The molecule has 6 aromatic carbocycles. The second-order valence-corrected chi connectivity index (χ2v) is 11.3. The first kappa shape index (κ1) is 30.7. The lowest BCUT2D eigenvalue weighted by atomic mass is 10.1. The second-order valence-electron chi connectivity index (χ2n) is 11.3. The van der Waals surface area contributed by atoms with E-state index in [0.29, 0.717) is 24.3 Å². The van der Waals surface area contributed by atoms with Crippen molar-refractivity contribution in [2.75, 3.05) is 13.2 Å². The van der Waals surface area contributed by atoms with Crippen LogP contribution in [0, 0.1) is 0 Å². The molecule has 0 saturated carbocycles. The van der Waals surface area contributed by atoms with Crippen LogP contribution in [0.15, 0.2) is 146 Å². The lowest BCUT2D eigenvalue weighted by Crippen LogP contribution is -2.56. The van der Waals surface area contributed by atoms with Crippen molar-refractivity contribution in [2.45, 2.75) is 25.3 Å². The van der Waals surface area contributed by atoms with Crippen LogP contribution in [0.25, 0.3) is 21.5 Å². The molecule has 6 rings (SSSR count). The number of amides is 2. The third-order valence-electron chi connectivity index (χ3n) is 7.95. The van der Waals surface area contributed by atoms with Crippen LogP contribution in [0.4, 0.5) is 0 Å². The molecule has 6 heteroatoms. The molecule has 0 aromatic heterocycles. The van der Waals surface area contributed by atoms with Crippen LogP contribution in [0.1, 0.15) is 31.8 Å². The van der Waals surface area contributed by atoms with Gasteiger partial charge in [0.05, 0.1) is 38.5 Å². The molecule has 0 unspecified atom stereocenters. The monoisotopic (exact) mass is 608 g/mol. The first-order chi connectivity index (χ1) is 22.6. The van der Waals surface area contributed by atoms with E-state index in [-0.39, 0.29) is 25.0 Å². The SMILES string of the molecule is O=C(N[C@H](COCc1ccc2ccccc2c1)[C@@H](COCc1ccc2ccccc2c1)NC(=O)c1ccccc1)c1ccccc1. The highest BCUT2D eigenvalue weighted by Crippen LogP contribution is 2.18. The molecule has 0 aliphatic carbocycles. The summed E-state index contributed by atoms with van der Waals surface area (Å²) in [6, 6.07) is 45.7. The summed E-state index contributed by atoms with van der Waals surface area (Å²) < 4.78 is 12.5. The standard InChI is InChI=1S/C40H36N2O4/c43-39(33-13-3-1-4-14-33)41-37(27-45-25-29-19-21-31-11-7-9-17-35(31)23-29)38(42-40(44)34-15-5-2-6-16-34)28-46-26-30-20-22-32-12-8-10-18-36(32)24-30/h1-24,37-38H,25-28H2,(H,41,43)(H,42,44)/t37-,38-/m1/s1. The van der Waals surface area contributed by atoms with E-state index in [1.54, 1.807) is 24.3 Å². The summed E-state index contributed by atoms with van der Waals surface area (Å²) in [6.45, 7) is 1.01. The number of hydrogen-bond acceptors (Lipinski definition) is 4. The van der Waals surface area contributed by atoms with E-state index in [1.807, 2.05) is 72.8 Å². The second kappa shape index (κ2) is 15.1. The maximum absolute atomic E-state index is 13.4. The number of fused-ring (bicyclic) bond motifs is 2. The molecule has 0 spiro atoms. The van der Waals surface area contributed by atoms with Crippen molar-refractivity contribution in [1.82, 2.24) is 10.6 Å². The molecule has 2 N–H and O–H groups in total. The van der Waals surface area contributed by atoms with Gasteiger partial charge in [-0.1, -0.05) is 109 Å². The highest BCUT2D eigenvalue weighted by atomic mass is 16.5. The average molecular weight is 609 g/mol. The Labute approximate surface area is 269 Å². The molecule has 0 bridgehead atoms. The number of hydrogen-bond donors (Lipinski definition) is 2. The van der Waals surface area contributed by atoms with Crippen molar-refractivity contribution in [3.63, 3.8) is 0 Å². The molecule has 6 nitrogen and oxygen atoms in total. The van der Waals surface area contributed by atoms with Gasteiger partial charge < -0.3 is 20.1 Å². The van der Waals surface area contributed by atoms with Crippen molar-refractivity contribution >= 4 is 33.4 Å². The van der Waals surface area contributed by atoms with Gasteiger partial charge in [-0.05, 0) is 69.1 Å². The number of benzene rings is 6. The van der Waals surface area contributed by atoms with Gasteiger partial charge in [0.1, 0.15) is 0 Å². The molecule has 2 atom stereocenters. The van der Waals surface area contributed by atoms with Crippen LogP contribution in [0.2, 0.25) is 0 Å². The van der Waals surface area contributed by atoms with Gasteiger partial charge in [-0.15, -0.1) is 0 Å². The summed E-state index contributed by atoms with van der Waals surface area (Å²) in [7, 11) is 0. The van der Waals surface area contributed by atoms with Crippen LogP contribution in [0.5, 0.6) is 0 Å². The number of rotatable bonds is 13. The van der Waals surface area contributed by atoms with Gasteiger partial charge in [-0.25, -0.2) is 0 Å². The molecule has 230 valence electrons. The summed E-state index contributed by atoms with van der Waals surface area (Å²) in [6.07, 6.45) is 0. The fourth-order valence-electron chi connectivity index (χ4n) is 5.46. The zero-order valence-corrected chi connectivity index (χ0v) is 25.5. The van der Waals surface area contributed by atoms with E-state index < -0.39 is 12.1 Å². The van der Waals surface area contributed by atoms with Gasteiger partial charge >= 0.3 is 0 Å². The molecular weight excluding hydrogens is 572 g/mol. The molecule has 0 fully saturated rings.